The molecule has 2 aromatic rings. The molecule has 0 aromatic heterocycles. The van der Waals surface area contributed by atoms with Crippen molar-refractivity contribution >= 4 is 5.91 Å². The molecule has 5 heteroatoms. The zero-order valence-electron chi connectivity index (χ0n) is 16.8. The lowest BCUT2D eigenvalue weighted by Crippen LogP contribution is -2.47. The lowest BCUT2D eigenvalue weighted by Gasteiger charge is -2.33. The summed E-state index contributed by atoms with van der Waals surface area (Å²) < 4.78 is 11.6. The molecule has 1 unspecified atom stereocenters. The van der Waals surface area contributed by atoms with E-state index in [1.807, 2.05) is 32.0 Å². The smallest absolute Gasteiger partial charge is 0.223 e. The molecule has 1 aliphatic heterocycles. The molecule has 2 aromatic carbocycles. The molecule has 0 bridgehead atoms. The largest absolute Gasteiger partial charge is 0.493 e. The maximum atomic E-state index is 12.1. The fourth-order valence-electron chi connectivity index (χ4n) is 3.32. The zero-order valence-corrected chi connectivity index (χ0v) is 16.8. The van der Waals surface area contributed by atoms with Crippen molar-refractivity contribution in [3.8, 4) is 5.75 Å². The number of ether oxygens (including phenoxy) is 2. The first-order valence-electron chi connectivity index (χ1n) is 9.95. The van der Waals surface area contributed by atoms with Crippen LogP contribution in [0.2, 0.25) is 0 Å². The Bertz CT molecular complexity index is 764. The van der Waals surface area contributed by atoms with E-state index in [0.29, 0.717) is 26.2 Å². The molecule has 1 saturated heterocycles. The van der Waals surface area contributed by atoms with Crippen LogP contribution in [0.4, 0.5) is 0 Å². The molecule has 1 N–H and O–H groups in total. The van der Waals surface area contributed by atoms with Gasteiger partial charge >= 0.3 is 0 Å². The number of nitrogens with zero attached hydrogens (tertiary/aromatic N) is 1. The van der Waals surface area contributed by atoms with Crippen LogP contribution >= 0.6 is 0 Å². The Morgan fingerprint density at radius 1 is 1.21 bits per heavy atom. The van der Waals surface area contributed by atoms with Crippen molar-refractivity contribution < 1.29 is 14.3 Å². The Morgan fingerprint density at radius 2 is 2.04 bits per heavy atom. The number of hydrogen-bond donors (Lipinski definition) is 1. The number of aryl methyl sites for hydroxylation is 2. The van der Waals surface area contributed by atoms with E-state index in [9.17, 15) is 4.79 Å². The lowest BCUT2D eigenvalue weighted by molar-refractivity contribution is -0.122. The predicted molar refractivity (Wildman–Crippen MR) is 110 cm³/mol. The molecule has 1 atom stereocenters. The lowest BCUT2D eigenvalue weighted by atomic mass is 10.1. The summed E-state index contributed by atoms with van der Waals surface area (Å²) in [4.78, 5) is 14.5. The molecule has 150 valence electrons. The van der Waals surface area contributed by atoms with Gasteiger partial charge in [-0.3, -0.25) is 9.69 Å². The molecule has 0 radical (unpaired) electrons. The topological polar surface area (TPSA) is 50.8 Å². The third kappa shape index (κ3) is 6.36. The number of carbonyl (C=O) groups is 1. The van der Waals surface area contributed by atoms with Crippen molar-refractivity contribution in [3.05, 3.63) is 65.2 Å². The normalized spacial score (nSPS) is 17.3. The van der Waals surface area contributed by atoms with Gasteiger partial charge in [-0.2, -0.15) is 0 Å². The van der Waals surface area contributed by atoms with Crippen molar-refractivity contribution in [3.63, 3.8) is 0 Å². The van der Waals surface area contributed by atoms with Gasteiger partial charge in [0.2, 0.25) is 5.91 Å². The van der Waals surface area contributed by atoms with Crippen molar-refractivity contribution in [2.24, 2.45) is 0 Å². The zero-order chi connectivity index (χ0) is 19.8. The van der Waals surface area contributed by atoms with Gasteiger partial charge in [0.1, 0.15) is 5.75 Å². The van der Waals surface area contributed by atoms with E-state index in [2.05, 4.69) is 40.5 Å². The average molecular weight is 383 g/mol. The van der Waals surface area contributed by atoms with Gasteiger partial charge in [0.15, 0.2) is 0 Å². The van der Waals surface area contributed by atoms with Crippen molar-refractivity contribution in [2.45, 2.75) is 32.9 Å². The van der Waals surface area contributed by atoms with Crippen molar-refractivity contribution in [1.29, 1.82) is 0 Å². The number of benzene rings is 2. The predicted octanol–water partition coefficient (Wildman–Crippen LogP) is 3.09. The Kier molecular flexibility index (Phi) is 7.46. The van der Waals surface area contributed by atoms with E-state index >= 15 is 0 Å². The van der Waals surface area contributed by atoms with E-state index in [0.717, 1.165) is 36.5 Å². The summed E-state index contributed by atoms with van der Waals surface area (Å²) >= 11 is 0. The van der Waals surface area contributed by atoms with Gasteiger partial charge in [0.05, 0.1) is 25.7 Å². The van der Waals surface area contributed by atoms with Crippen LogP contribution in [0.3, 0.4) is 0 Å². The Morgan fingerprint density at radius 3 is 2.86 bits per heavy atom. The van der Waals surface area contributed by atoms with Gasteiger partial charge in [-0.25, -0.2) is 0 Å². The monoisotopic (exact) mass is 382 g/mol. The second-order valence-corrected chi connectivity index (χ2v) is 7.39. The second kappa shape index (κ2) is 10.2. The summed E-state index contributed by atoms with van der Waals surface area (Å²) in [7, 11) is 0. The van der Waals surface area contributed by atoms with Gasteiger partial charge in [-0.15, -0.1) is 0 Å². The van der Waals surface area contributed by atoms with Crippen LogP contribution in [0, 0.1) is 13.8 Å². The number of hydrogen-bond acceptors (Lipinski definition) is 4. The fourth-order valence-corrected chi connectivity index (χ4v) is 3.32. The minimum atomic E-state index is -0.00547. The highest BCUT2D eigenvalue weighted by Gasteiger charge is 2.21. The van der Waals surface area contributed by atoms with Crippen LogP contribution in [0.1, 0.15) is 23.1 Å². The third-order valence-corrected chi connectivity index (χ3v) is 4.93. The number of morpholine rings is 1. The molecule has 1 heterocycles. The standard InChI is InChI=1S/C23H30N2O3/c1-18-8-9-19(2)22(14-18)28-12-10-23(26)24-15-21-17-25(11-13-27-21)16-20-6-4-3-5-7-20/h3-9,14,21H,10-13,15-17H2,1-2H3,(H,24,26). The summed E-state index contributed by atoms with van der Waals surface area (Å²) in [5.74, 6) is 0.842. The molecule has 1 aliphatic rings. The summed E-state index contributed by atoms with van der Waals surface area (Å²) in [5.41, 5.74) is 3.54. The first-order chi connectivity index (χ1) is 13.6. The maximum absolute atomic E-state index is 12.1. The Balaban J connectivity index is 1.36. The van der Waals surface area contributed by atoms with Gasteiger partial charge in [-0.05, 0) is 36.6 Å². The van der Waals surface area contributed by atoms with Crippen molar-refractivity contribution in [1.82, 2.24) is 10.2 Å². The highest BCUT2D eigenvalue weighted by Crippen LogP contribution is 2.19. The van der Waals surface area contributed by atoms with Crippen LogP contribution in [0.15, 0.2) is 48.5 Å². The van der Waals surface area contributed by atoms with E-state index < -0.39 is 0 Å². The molecule has 0 spiro atoms. The molecule has 3 rings (SSSR count). The SMILES string of the molecule is Cc1ccc(C)c(OCCC(=O)NCC2CN(Cc3ccccc3)CCO2)c1. The molecule has 0 aliphatic carbocycles. The molecule has 0 saturated carbocycles. The number of amides is 1. The molecule has 5 nitrogen and oxygen atoms in total. The highest BCUT2D eigenvalue weighted by molar-refractivity contribution is 5.76. The van der Waals surface area contributed by atoms with Gasteiger partial charge in [0, 0.05) is 26.2 Å². The van der Waals surface area contributed by atoms with Gasteiger partial charge in [0.25, 0.3) is 0 Å². The molecule has 1 amide bonds. The van der Waals surface area contributed by atoms with E-state index in [4.69, 9.17) is 9.47 Å². The first-order valence-corrected chi connectivity index (χ1v) is 9.95. The Hall–Kier alpha value is -2.37. The first kappa shape index (κ1) is 20.4. The van der Waals surface area contributed by atoms with Gasteiger partial charge in [-0.1, -0.05) is 42.5 Å². The molecule has 1 fully saturated rings. The summed E-state index contributed by atoms with van der Waals surface area (Å²) in [6, 6.07) is 16.5. The van der Waals surface area contributed by atoms with Crippen molar-refractivity contribution in [2.75, 3.05) is 32.8 Å². The number of rotatable bonds is 8. The van der Waals surface area contributed by atoms with Crippen LogP contribution in [-0.4, -0.2) is 49.8 Å². The Labute approximate surface area is 167 Å². The van der Waals surface area contributed by atoms with Crippen LogP contribution in [0.5, 0.6) is 5.75 Å². The maximum Gasteiger partial charge on any atom is 0.223 e. The van der Waals surface area contributed by atoms with E-state index in [1.165, 1.54) is 5.56 Å². The number of carbonyl (C=O) groups excluding carboxylic acids is 1. The summed E-state index contributed by atoms with van der Waals surface area (Å²) in [6.45, 7) is 8.31. The quantitative estimate of drug-likeness (QED) is 0.762. The molecule has 28 heavy (non-hydrogen) atoms. The minimum Gasteiger partial charge on any atom is -0.493 e. The van der Waals surface area contributed by atoms with E-state index in [1.54, 1.807) is 0 Å². The third-order valence-electron chi connectivity index (χ3n) is 4.93. The van der Waals surface area contributed by atoms with E-state index in [-0.39, 0.29) is 12.0 Å². The highest BCUT2D eigenvalue weighted by atomic mass is 16.5. The molecular formula is C23H30N2O3. The summed E-state index contributed by atoms with van der Waals surface area (Å²) in [6.07, 6.45) is 0.370. The van der Waals surface area contributed by atoms with Crippen LogP contribution in [-0.2, 0) is 16.1 Å². The second-order valence-electron chi connectivity index (χ2n) is 7.39. The van der Waals surface area contributed by atoms with Gasteiger partial charge < -0.3 is 14.8 Å². The van der Waals surface area contributed by atoms with Crippen LogP contribution in [0.25, 0.3) is 0 Å². The summed E-state index contributed by atoms with van der Waals surface area (Å²) in [5, 5.41) is 2.98. The molecular weight excluding hydrogens is 352 g/mol. The fraction of sp³-hybridized carbons (Fsp3) is 0.435. The van der Waals surface area contributed by atoms with Crippen LogP contribution < -0.4 is 10.1 Å². The minimum absolute atomic E-state index is 0.00547. The number of nitrogens with one attached hydrogen (secondary N) is 1. The average Bonchev–Trinajstić information content (AvgIpc) is 2.70.